The molecule has 2 aliphatic rings. The normalized spacial score (nSPS) is 19.5. The van der Waals surface area contributed by atoms with E-state index in [0.717, 1.165) is 30.8 Å². The second-order valence-electron chi connectivity index (χ2n) is 11.5. The summed E-state index contributed by atoms with van der Waals surface area (Å²) in [5.41, 5.74) is -0.0777. The number of halogens is 3. The highest BCUT2D eigenvalue weighted by Crippen LogP contribution is 2.37. The summed E-state index contributed by atoms with van der Waals surface area (Å²) in [7, 11) is 8.25. The van der Waals surface area contributed by atoms with E-state index in [4.69, 9.17) is 0 Å². The van der Waals surface area contributed by atoms with Crippen molar-refractivity contribution in [3.05, 3.63) is 41.6 Å². The van der Waals surface area contributed by atoms with Gasteiger partial charge in [-0.3, -0.25) is 14.5 Å². The Morgan fingerprint density at radius 2 is 1.63 bits per heavy atom. The largest absolute Gasteiger partial charge is 0.421 e. The van der Waals surface area contributed by atoms with Crippen LogP contribution in [0.3, 0.4) is 0 Å². The molecule has 1 saturated carbocycles. The van der Waals surface area contributed by atoms with Crippen LogP contribution in [0.4, 0.5) is 35.4 Å². The van der Waals surface area contributed by atoms with Gasteiger partial charge in [0, 0.05) is 57.7 Å². The highest BCUT2D eigenvalue weighted by atomic mass is 19.4. The molecule has 43 heavy (non-hydrogen) atoms. The van der Waals surface area contributed by atoms with Gasteiger partial charge in [0.2, 0.25) is 11.9 Å². The molecular formula is C29H39F3N8O3. The van der Waals surface area contributed by atoms with Gasteiger partial charge in [-0.05, 0) is 70.1 Å². The predicted molar refractivity (Wildman–Crippen MR) is 156 cm³/mol. The lowest BCUT2D eigenvalue weighted by Gasteiger charge is -2.35. The highest BCUT2D eigenvalue weighted by Gasteiger charge is 2.40. The number of benzene rings is 1. The summed E-state index contributed by atoms with van der Waals surface area (Å²) in [5.74, 6) is -1.80. The van der Waals surface area contributed by atoms with Crippen LogP contribution in [0.15, 0.2) is 30.5 Å². The number of rotatable bonds is 7. The quantitative estimate of drug-likeness (QED) is 0.485. The lowest BCUT2D eigenvalue weighted by molar-refractivity contribution is -0.137. The van der Waals surface area contributed by atoms with Gasteiger partial charge in [-0.2, -0.15) is 18.2 Å². The molecule has 1 aliphatic heterocycles. The Hall–Kier alpha value is -3.94. The molecule has 2 heterocycles. The van der Waals surface area contributed by atoms with Crippen molar-refractivity contribution in [3.63, 3.8) is 0 Å². The Labute approximate surface area is 249 Å². The minimum atomic E-state index is -4.74. The molecule has 1 aromatic heterocycles. The van der Waals surface area contributed by atoms with Gasteiger partial charge in [0.15, 0.2) is 0 Å². The molecule has 14 heteroatoms. The molecule has 0 unspecified atom stereocenters. The topological polar surface area (TPSA) is 114 Å². The molecule has 0 bridgehead atoms. The number of nitrogens with one attached hydrogen (secondary N) is 2. The molecule has 2 atom stereocenters. The van der Waals surface area contributed by atoms with Crippen LogP contribution in [-0.4, -0.2) is 108 Å². The third-order valence-corrected chi connectivity index (χ3v) is 8.19. The average Bonchev–Trinajstić information content (AvgIpc) is 3.43. The van der Waals surface area contributed by atoms with Crippen LogP contribution >= 0.6 is 0 Å². The Kier molecular flexibility index (Phi) is 9.78. The van der Waals surface area contributed by atoms with Gasteiger partial charge in [0.25, 0.3) is 5.91 Å². The molecule has 0 radical (unpaired) electrons. The minimum absolute atomic E-state index is 0.0844. The van der Waals surface area contributed by atoms with Crippen LogP contribution in [0.25, 0.3) is 0 Å². The van der Waals surface area contributed by atoms with Gasteiger partial charge < -0.3 is 25.3 Å². The number of aromatic nitrogens is 2. The number of anilines is 3. The number of likely N-dealkylation sites (tertiary alicyclic amines) is 1. The number of urea groups is 1. The zero-order valence-corrected chi connectivity index (χ0v) is 25.1. The fourth-order valence-electron chi connectivity index (χ4n) is 5.58. The van der Waals surface area contributed by atoms with Crippen LogP contribution in [-0.2, 0) is 11.0 Å². The fourth-order valence-corrected chi connectivity index (χ4v) is 5.58. The molecule has 2 N–H and O–H groups in total. The summed E-state index contributed by atoms with van der Waals surface area (Å²) in [6.45, 7) is 1.86. The second-order valence-corrected chi connectivity index (χ2v) is 11.5. The molecule has 1 aliphatic carbocycles. The van der Waals surface area contributed by atoms with Gasteiger partial charge in [-0.15, -0.1) is 0 Å². The summed E-state index contributed by atoms with van der Waals surface area (Å²) in [6, 6.07) is 5.60. The van der Waals surface area contributed by atoms with Crippen molar-refractivity contribution in [3.8, 4) is 0 Å². The van der Waals surface area contributed by atoms with Crippen LogP contribution in [0.2, 0.25) is 0 Å². The molecule has 1 saturated heterocycles. The zero-order valence-electron chi connectivity index (χ0n) is 25.1. The molecule has 4 rings (SSSR count). The molecule has 11 nitrogen and oxygen atoms in total. The van der Waals surface area contributed by atoms with E-state index in [1.807, 2.05) is 0 Å². The number of piperidine rings is 1. The number of nitrogens with zero attached hydrogens (tertiary/aromatic N) is 6. The first-order valence-electron chi connectivity index (χ1n) is 14.3. The third kappa shape index (κ3) is 7.53. The summed E-state index contributed by atoms with van der Waals surface area (Å²) in [5, 5.41) is 5.74. The third-order valence-electron chi connectivity index (χ3n) is 8.19. The molecule has 4 amide bonds. The average molecular weight is 605 g/mol. The smallest absolute Gasteiger partial charge is 0.366 e. The monoisotopic (exact) mass is 604 g/mol. The molecule has 2 aromatic rings. The van der Waals surface area contributed by atoms with Gasteiger partial charge in [0.05, 0.1) is 5.92 Å². The summed E-state index contributed by atoms with van der Waals surface area (Å²) >= 11 is 0. The lowest BCUT2D eigenvalue weighted by atomic mass is 10.0. The number of hydrogen-bond acceptors (Lipinski definition) is 8. The number of carbonyl (C=O) groups excluding carboxylic acids is 3. The predicted octanol–water partition coefficient (Wildman–Crippen LogP) is 4.13. The maximum Gasteiger partial charge on any atom is 0.421 e. The number of amides is 4. The molecule has 2 fully saturated rings. The zero-order chi connectivity index (χ0) is 31.5. The maximum atomic E-state index is 13.9. The Morgan fingerprint density at radius 1 is 0.977 bits per heavy atom. The Bertz CT molecular complexity index is 1310. The van der Waals surface area contributed by atoms with Crippen LogP contribution in [0, 0.1) is 5.92 Å². The molecular weight excluding hydrogens is 565 g/mol. The van der Waals surface area contributed by atoms with Crippen LogP contribution in [0.5, 0.6) is 0 Å². The van der Waals surface area contributed by atoms with Gasteiger partial charge in [0.1, 0.15) is 11.4 Å². The van der Waals surface area contributed by atoms with E-state index >= 15 is 0 Å². The number of imide groups is 1. The van der Waals surface area contributed by atoms with Crippen molar-refractivity contribution < 1.29 is 27.6 Å². The van der Waals surface area contributed by atoms with Gasteiger partial charge in [-0.1, -0.05) is 6.42 Å². The van der Waals surface area contributed by atoms with Crippen molar-refractivity contribution in [2.75, 3.05) is 59.0 Å². The first-order chi connectivity index (χ1) is 20.3. The first kappa shape index (κ1) is 32.0. The summed E-state index contributed by atoms with van der Waals surface area (Å²) in [4.78, 5) is 52.6. The van der Waals surface area contributed by atoms with Gasteiger partial charge in [-0.25, -0.2) is 9.78 Å². The van der Waals surface area contributed by atoms with Crippen molar-refractivity contribution in [1.29, 1.82) is 0 Å². The van der Waals surface area contributed by atoms with Crippen molar-refractivity contribution >= 4 is 35.3 Å². The van der Waals surface area contributed by atoms with Crippen LogP contribution in [0.1, 0.15) is 48.0 Å². The van der Waals surface area contributed by atoms with E-state index in [-0.39, 0.29) is 17.9 Å². The fraction of sp³-hybridized carbons (Fsp3) is 0.552. The van der Waals surface area contributed by atoms with E-state index in [1.54, 1.807) is 36.2 Å². The van der Waals surface area contributed by atoms with Crippen LogP contribution < -0.4 is 10.6 Å². The Morgan fingerprint density at radius 3 is 2.23 bits per heavy atom. The first-order valence-corrected chi connectivity index (χ1v) is 14.3. The van der Waals surface area contributed by atoms with E-state index < -0.39 is 41.5 Å². The Balaban J connectivity index is 1.48. The van der Waals surface area contributed by atoms with E-state index in [2.05, 4.69) is 32.5 Å². The number of hydrogen-bond donors (Lipinski definition) is 2. The van der Waals surface area contributed by atoms with E-state index in [0.29, 0.717) is 36.7 Å². The van der Waals surface area contributed by atoms with Crippen molar-refractivity contribution in [2.45, 2.75) is 50.4 Å². The molecule has 234 valence electrons. The van der Waals surface area contributed by atoms with E-state index in [1.165, 1.54) is 26.0 Å². The summed E-state index contributed by atoms with van der Waals surface area (Å²) in [6.07, 6.45) is -0.768. The molecule has 0 spiro atoms. The number of alkyl halides is 3. The van der Waals surface area contributed by atoms with Crippen molar-refractivity contribution in [1.82, 2.24) is 29.6 Å². The standard InChI is InChI=1S/C29H39F3N8O3/c1-37(2)28(43)40(5)26(42)21-7-6-8-23(21)35-24-22(29(30,31)32)17-33-27(36-24)34-19-11-9-18(10-12-19)25(41)39(4)20-13-15-38(3)16-14-20/h9-12,17,20-21,23H,6-8,13-16H2,1-5H3,(H2,33,34,35,36)/t21-,23+/m0/s1. The second kappa shape index (κ2) is 13.1. The summed E-state index contributed by atoms with van der Waals surface area (Å²) < 4.78 is 41.7. The lowest BCUT2D eigenvalue weighted by Crippen LogP contribution is -2.46. The minimum Gasteiger partial charge on any atom is -0.366 e. The number of carbonyl (C=O) groups is 3. The van der Waals surface area contributed by atoms with E-state index in [9.17, 15) is 27.6 Å². The molecule has 1 aromatic carbocycles. The van der Waals surface area contributed by atoms with Crippen molar-refractivity contribution in [2.24, 2.45) is 5.92 Å². The highest BCUT2D eigenvalue weighted by molar-refractivity contribution is 5.96. The van der Waals surface area contributed by atoms with Gasteiger partial charge >= 0.3 is 12.2 Å². The SMILES string of the molecule is CN1CCC(N(C)C(=O)c2ccc(Nc3ncc(C(F)(F)F)c(N[C@@H]4CCC[C@@H]4C(=O)N(C)C(=O)N(C)C)n3)cc2)CC1. The maximum absolute atomic E-state index is 13.9.